The van der Waals surface area contributed by atoms with Gasteiger partial charge in [-0.1, -0.05) is 0 Å². The highest BCUT2D eigenvalue weighted by atomic mass is 35.5. The van der Waals surface area contributed by atoms with Crippen molar-refractivity contribution in [1.29, 1.82) is 0 Å². The van der Waals surface area contributed by atoms with E-state index in [9.17, 15) is 4.79 Å². The second-order valence-electron chi connectivity index (χ2n) is 4.67. The number of carboxylic acid groups (broad SMARTS) is 1. The van der Waals surface area contributed by atoms with Gasteiger partial charge in [0, 0.05) is 19.6 Å². The minimum absolute atomic E-state index is 0.0000302. The lowest BCUT2D eigenvalue weighted by atomic mass is 10.3. The molecule has 2 aromatic heterocycles. The van der Waals surface area contributed by atoms with Crippen LogP contribution in [0.1, 0.15) is 6.42 Å². The lowest BCUT2D eigenvalue weighted by molar-refractivity contribution is -0.137. The normalized spacial score (nSPS) is 15.6. The molecule has 0 amide bonds. The quantitative estimate of drug-likeness (QED) is 0.834. The van der Waals surface area contributed by atoms with Gasteiger partial charge in [-0.2, -0.15) is 9.97 Å². The van der Waals surface area contributed by atoms with Gasteiger partial charge in [-0.05, 0) is 11.6 Å². The molecule has 0 unspecified atom stereocenters. The molecule has 8 nitrogen and oxygen atoms in total. The van der Waals surface area contributed by atoms with Crippen LogP contribution in [0.15, 0.2) is 6.33 Å². The van der Waals surface area contributed by atoms with E-state index >= 15 is 0 Å². The van der Waals surface area contributed by atoms with E-state index in [0.29, 0.717) is 49.8 Å². The summed E-state index contributed by atoms with van der Waals surface area (Å²) in [5, 5.41) is 8.91. The number of nitrogens with zero attached hydrogens (tertiary/aromatic N) is 5. The van der Waals surface area contributed by atoms with E-state index in [4.69, 9.17) is 21.4 Å². The topological polar surface area (TPSA) is 93.4 Å². The van der Waals surface area contributed by atoms with Crippen LogP contribution >= 0.6 is 11.6 Å². The molecule has 1 N–H and O–H groups in total. The van der Waals surface area contributed by atoms with Crippen LogP contribution in [-0.4, -0.2) is 56.9 Å². The summed E-state index contributed by atoms with van der Waals surface area (Å²) in [6, 6.07) is 0. The summed E-state index contributed by atoms with van der Waals surface area (Å²) >= 11 is 6.00. The van der Waals surface area contributed by atoms with E-state index in [1.54, 1.807) is 10.9 Å². The number of rotatable bonds is 4. The molecule has 112 valence electrons. The number of hydrogen-bond acceptors (Lipinski definition) is 6. The third-order valence-corrected chi connectivity index (χ3v) is 3.46. The molecule has 3 heterocycles. The Labute approximate surface area is 125 Å². The highest BCUT2D eigenvalue weighted by Gasteiger charge is 2.20. The van der Waals surface area contributed by atoms with Crippen molar-refractivity contribution in [2.75, 3.05) is 31.2 Å². The number of imidazole rings is 1. The van der Waals surface area contributed by atoms with Crippen LogP contribution in [0, 0.1) is 0 Å². The van der Waals surface area contributed by atoms with Gasteiger partial charge in [0.1, 0.15) is 0 Å². The van der Waals surface area contributed by atoms with Crippen molar-refractivity contribution in [1.82, 2.24) is 19.5 Å². The number of aliphatic carboxylic acids is 1. The third kappa shape index (κ3) is 2.91. The molecule has 3 rings (SSSR count). The molecule has 1 fully saturated rings. The number of morpholine rings is 1. The van der Waals surface area contributed by atoms with Crippen molar-refractivity contribution in [3.63, 3.8) is 0 Å². The first-order chi connectivity index (χ1) is 10.1. The highest BCUT2D eigenvalue weighted by Crippen LogP contribution is 2.25. The van der Waals surface area contributed by atoms with Crippen LogP contribution in [0.4, 0.5) is 5.82 Å². The molecule has 1 saturated heterocycles. The zero-order valence-electron chi connectivity index (χ0n) is 11.2. The summed E-state index contributed by atoms with van der Waals surface area (Å²) in [6.07, 6.45) is 1.57. The van der Waals surface area contributed by atoms with E-state index < -0.39 is 5.97 Å². The highest BCUT2D eigenvalue weighted by molar-refractivity contribution is 6.28. The predicted octanol–water partition coefficient (Wildman–Crippen LogP) is 0.791. The lowest BCUT2D eigenvalue weighted by Gasteiger charge is -2.27. The maximum Gasteiger partial charge on any atom is 0.305 e. The molecule has 0 saturated carbocycles. The van der Waals surface area contributed by atoms with Gasteiger partial charge in [-0.15, -0.1) is 0 Å². The Morgan fingerprint density at radius 1 is 1.38 bits per heavy atom. The Morgan fingerprint density at radius 3 is 2.86 bits per heavy atom. The van der Waals surface area contributed by atoms with Crippen molar-refractivity contribution in [3.8, 4) is 0 Å². The number of halogens is 1. The van der Waals surface area contributed by atoms with E-state index in [2.05, 4.69) is 15.0 Å². The van der Waals surface area contributed by atoms with Gasteiger partial charge in [0.05, 0.1) is 26.0 Å². The van der Waals surface area contributed by atoms with Gasteiger partial charge in [0.15, 0.2) is 17.0 Å². The Hall–Kier alpha value is -1.93. The van der Waals surface area contributed by atoms with Gasteiger partial charge in [-0.25, -0.2) is 4.98 Å². The number of aryl methyl sites for hydroxylation is 1. The second-order valence-corrected chi connectivity index (χ2v) is 5.01. The molecule has 0 spiro atoms. The molecule has 1 aliphatic rings. The maximum absolute atomic E-state index is 10.7. The maximum atomic E-state index is 10.7. The first-order valence-corrected chi connectivity index (χ1v) is 6.96. The standard InChI is InChI=1S/C12H14ClN5O3/c13-12-15-10(17-3-5-21-6-4-17)9-11(16-12)18(7-14-9)2-1-8(19)20/h7H,1-6H2,(H,19,20). The molecule has 0 atom stereocenters. The molecular weight excluding hydrogens is 298 g/mol. The summed E-state index contributed by atoms with van der Waals surface area (Å²) in [4.78, 5) is 25.5. The number of ether oxygens (including phenoxy) is 1. The summed E-state index contributed by atoms with van der Waals surface area (Å²) < 4.78 is 7.01. The van der Waals surface area contributed by atoms with Crippen molar-refractivity contribution in [2.24, 2.45) is 0 Å². The monoisotopic (exact) mass is 311 g/mol. The average Bonchev–Trinajstić information content (AvgIpc) is 2.88. The zero-order valence-corrected chi connectivity index (χ0v) is 12.0. The molecule has 21 heavy (non-hydrogen) atoms. The Kier molecular flexibility index (Phi) is 3.89. The van der Waals surface area contributed by atoms with Gasteiger partial charge >= 0.3 is 5.97 Å². The van der Waals surface area contributed by atoms with E-state index in [-0.39, 0.29) is 11.7 Å². The van der Waals surface area contributed by atoms with Gasteiger partial charge in [-0.3, -0.25) is 4.79 Å². The zero-order chi connectivity index (χ0) is 14.8. The summed E-state index contributed by atoms with van der Waals surface area (Å²) in [5.74, 6) is -0.201. The molecule has 0 aliphatic carbocycles. The van der Waals surface area contributed by atoms with E-state index in [0.717, 1.165) is 0 Å². The summed E-state index contributed by atoms with van der Waals surface area (Å²) in [5.41, 5.74) is 1.18. The predicted molar refractivity (Wildman–Crippen MR) is 75.6 cm³/mol. The fourth-order valence-corrected chi connectivity index (χ4v) is 2.44. The van der Waals surface area contributed by atoms with Crippen LogP contribution in [0.25, 0.3) is 11.2 Å². The van der Waals surface area contributed by atoms with Crippen LogP contribution in [-0.2, 0) is 16.1 Å². The second kappa shape index (κ2) is 5.82. The number of hydrogen-bond donors (Lipinski definition) is 1. The lowest BCUT2D eigenvalue weighted by Crippen LogP contribution is -2.37. The SMILES string of the molecule is O=C(O)CCn1cnc2c(N3CCOCC3)nc(Cl)nc21. The van der Waals surface area contributed by atoms with Crippen LogP contribution in [0.2, 0.25) is 5.28 Å². The van der Waals surface area contributed by atoms with Crippen molar-refractivity contribution in [3.05, 3.63) is 11.6 Å². The first-order valence-electron chi connectivity index (χ1n) is 6.58. The van der Waals surface area contributed by atoms with Crippen molar-refractivity contribution in [2.45, 2.75) is 13.0 Å². The van der Waals surface area contributed by atoms with Crippen molar-refractivity contribution < 1.29 is 14.6 Å². The van der Waals surface area contributed by atoms with E-state index in [1.165, 1.54) is 0 Å². The molecule has 0 aromatic carbocycles. The average molecular weight is 312 g/mol. The largest absolute Gasteiger partial charge is 0.481 e. The third-order valence-electron chi connectivity index (χ3n) is 3.30. The van der Waals surface area contributed by atoms with Gasteiger partial charge in [0.25, 0.3) is 0 Å². The summed E-state index contributed by atoms with van der Waals surface area (Å²) in [6.45, 7) is 2.97. The van der Waals surface area contributed by atoms with Crippen LogP contribution in [0.5, 0.6) is 0 Å². The summed E-state index contributed by atoms with van der Waals surface area (Å²) in [7, 11) is 0. The minimum Gasteiger partial charge on any atom is -0.481 e. The molecular formula is C12H14ClN5O3. The number of carbonyl (C=O) groups is 1. The molecule has 2 aromatic rings. The molecule has 9 heteroatoms. The Balaban J connectivity index is 1.99. The Morgan fingerprint density at radius 2 is 2.14 bits per heavy atom. The van der Waals surface area contributed by atoms with Gasteiger partial charge < -0.3 is 19.3 Å². The molecule has 0 bridgehead atoms. The van der Waals surface area contributed by atoms with Crippen molar-refractivity contribution >= 4 is 34.6 Å². The number of aromatic nitrogens is 4. The molecule has 1 aliphatic heterocycles. The van der Waals surface area contributed by atoms with Crippen LogP contribution in [0.3, 0.4) is 0 Å². The first kappa shape index (κ1) is 14.0. The van der Waals surface area contributed by atoms with Crippen LogP contribution < -0.4 is 4.90 Å². The fraction of sp³-hybridized carbons (Fsp3) is 0.500. The number of anilines is 1. The smallest absolute Gasteiger partial charge is 0.305 e. The number of carboxylic acids is 1. The minimum atomic E-state index is -0.870. The van der Waals surface area contributed by atoms with E-state index in [1.807, 2.05) is 4.90 Å². The van der Waals surface area contributed by atoms with Gasteiger partial charge in [0.2, 0.25) is 5.28 Å². The Bertz CT molecular complexity index is 668. The fourth-order valence-electron chi connectivity index (χ4n) is 2.28. The number of fused-ring (bicyclic) bond motifs is 1. The molecule has 0 radical (unpaired) electrons.